The van der Waals surface area contributed by atoms with E-state index in [9.17, 15) is 24.1 Å². The lowest BCUT2D eigenvalue weighted by molar-refractivity contribution is -0.129. The van der Waals surface area contributed by atoms with Crippen LogP contribution in [0.2, 0.25) is 0 Å². The van der Waals surface area contributed by atoms with Crippen LogP contribution in [0.3, 0.4) is 0 Å². The number of nitrogens with one attached hydrogen (secondary N) is 1. The van der Waals surface area contributed by atoms with Gasteiger partial charge in [0.15, 0.2) is 0 Å². The Labute approximate surface area is 154 Å². The molecule has 2 rings (SSSR count). The third-order valence-electron chi connectivity index (χ3n) is 5.47. The zero-order valence-corrected chi connectivity index (χ0v) is 16.1. The largest absolute Gasteiger partial charge is 0.388 e. The van der Waals surface area contributed by atoms with E-state index in [-0.39, 0.29) is 16.4 Å². The molecule has 0 bridgehead atoms. The SMILES string of the molecule is CC1(C)CC(CN[C@@H]2C=C(COC(F)F)[C@H](O)[C@H](O)[C@H]2O)CC(C)(C)C1. The topological polar surface area (TPSA) is 82.0 Å². The van der Waals surface area contributed by atoms with Gasteiger partial charge in [-0.05, 0) is 48.1 Å². The minimum Gasteiger partial charge on any atom is -0.388 e. The summed E-state index contributed by atoms with van der Waals surface area (Å²) in [7, 11) is 0. The Morgan fingerprint density at radius 2 is 1.69 bits per heavy atom. The van der Waals surface area contributed by atoms with Crippen molar-refractivity contribution >= 4 is 0 Å². The van der Waals surface area contributed by atoms with Gasteiger partial charge in [0.2, 0.25) is 0 Å². The molecule has 4 N–H and O–H groups in total. The first-order valence-corrected chi connectivity index (χ1v) is 9.28. The molecule has 1 saturated carbocycles. The number of halogens is 2. The molecule has 0 unspecified atom stereocenters. The first-order chi connectivity index (χ1) is 11.9. The van der Waals surface area contributed by atoms with Gasteiger partial charge in [0.05, 0.1) is 12.6 Å². The third kappa shape index (κ3) is 5.70. The van der Waals surface area contributed by atoms with Crippen molar-refractivity contribution in [1.29, 1.82) is 0 Å². The van der Waals surface area contributed by atoms with Crippen LogP contribution in [0.15, 0.2) is 11.6 Å². The van der Waals surface area contributed by atoms with E-state index in [1.165, 1.54) is 6.08 Å². The van der Waals surface area contributed by atoms with Gasteiger partial charge >= 0.3 is 6.61 Å². The van der Waals surface area contributed by atoms with E-state index in [0.717, 1.165) is 19.3 Å². The quantitative estimate of drug-likeness (QED) is 0.533. The highest BCUT2D eigenvalue weighted by Gasteiger charge is 2.40. The maximum atomic E-state index is 12.3. The minimum atomic E-state index is -2.95. The van der Waals surface area contributed by atoms with Gasteiger partial charge in [-0.15, -0.1) is 0 Å². The highest BCUT2D eigenvalue weighted by Crippen LogP contribution is 2.48. The van der Waals surface area contributed by atoms with Gasteiger partial charge in [0.1, 0.15) is 18.3 Å². The highest BCUT2D eigenvalue weighted by atomic mass is 19.3. The maximum Gasteiger partial charge on any atom is 0.345 e. The number of aliphatic hydroxyl groups is 3. The summed E-state index contributed by atoms with van der Waals surface area (Å²) in [5.74, 6) is 0.416. The number of ether oxygens (including phenoxy) is 1. The van der Waals surface area contributed by atoms with E-state index in [1.54, 1.807) is 0 Å². The molecule has 4 atom stereocenters. The summed E-state index contributed by atoms with van der Waals surface area (Å²) in [5.41, 5.74) is 0.632. The van der Waals surface area contributed by atoms with Crippen molar-refractivity contribution in [3.8, 4) is 0 Å². The van der Waals surface area contributed by atoms with Crippen molar-refractivity contribution in [3.05, 3.63) is 11.6 Å². The van der Waals surface area contributed by atoms with Crippen LogP contribution in [0.4, 0.5) is 8.78 Å². The zero-order valence-electron chi connectivity index (χ0n) is 16.1. The summed E-state index contributed by atoms with van der Waals surface area (Å²) in [4.78, 5) is 0. The number of rotatable bonds is 6. The first kappa shape index (κ1) is 21.7. The lowest BCUT2D eigenvalue weighted by Gasteiger charge is -2.45. The molecule has 26 heavy (non-hydrogen) atoms. The molecule has 0 aromatic carbocycles. The molecule has 0 amide bonds. The summed E-state index contributed by atoms with van der Waals surface area (Å²) in [6, 6.07) is -0.613. The summed E-state index contributed by atoms with van der Waals surface area (Å²) in [6.07, 6.45) is 0.726. The second-order valence-electron chi connectivity index (χ2n) is 9.45. The van der Waals surface area contributed by atoms with Crippen molar-refractivity contribution < 1.29 is 28.8 Å². The minimum absolute atomic E-state index is 0.157. The Morgan fingerprint density at radius 3 is 2.23 bits per heavy atom. The zero-order chi connectivity index (χ0) is 19.7. The van der Waals surface area contributed by atoms with Crippen molar-refractivity contribution in [1.82, 2.24) is 5.32 Å². The number of aliphatic hydroxyl groups excluding tert-OH is 3. The molecule has 0 heterocycles. The van der Waals surface area contributed by atoms with E-state index >= 15 is 0 Å². The fourth-order valence-electron chi connectivity index (χ4n) is 5.04. The molecule has 0 radical (unpaired) electrons. The van der Waals surface area contributed by atoms with Gasteiger partial charge < -0.3 is 25.4 Å². The number of hydrogen-bond acceptors (Lipinski definition) is 5. The Morgan fingerprint density at radius 1 is 1.12 bits per heavy atom. The van der Waals surface area contributed by atoms with E-state index < -0.39 is 37.6 Å². The summed E-state index contributed by atoms with van der Waals surface area (Å²) in [5, 5.41) is 33.5. The average molecular weight is 377 g/mol. The standard InChI is InChI=1S/C19H33F2NO4/c1-18(2)6-11(7-19(3,4)10-18)8-22-13-5-12(9-26-17(20)21)14(23)16(25)15(13)24/h5,11,13-17,22-25H,6-10H2,1-4H3/t13-,14+,15+,16+/m1/s1. The molecule has 2 aliphatic carbocycles. The fraction of sp³-hybridized carbons (Fsp3) is 0.895. The molecule has 0 aromatic rings. The molecule has 0 aliphatic heterocycles. The summed E-state index contributed by atoms with van der Waals surface area (Å²) < 4.78 is 28.8. The molecule has 0 spiro atoms. The van der Waals surface area contributed by atoms with Crippen LogP contribution >= 0.6 is 0 Å². The van der Waals surface area contributed by atoms with Gasteiger partial charge in [-0.1, -0.05) is 33.8 Å². The van der Waals surface area contributed by atoms with Crippen LogP contribution in [0.1, 0.15) is 47.0 Å². The normalized spacial score (nSPS) is 34.8. The lowest BCUT2D eigenvalue weighted by Crippen LogP contribution is -2.55. The highest BCUT2D eigenvalue weighted by molar-refractivity contribution is 5.22. The Kier molecular flexibility index (Phi) is 6.83. The Bertz CT molecular complexity index is 494. The molecule has 2 aliphatic rings. The lowest BCUT2D eigenvalue weighted by atomic mass is 9.61. The van der Waals surface area contributed by atoms with Crippen molar-refractivity contribution in [2.75, 3.05) is 13.2 Å². The van der Waals surface area contributed by atoms with E-state index in [0.29, 0.717) is 12.5 Å². The van der Waals surface area contributed by atoms with Gasteiger partial charge in [-0.2, -0.15) is 8.78 Å². The molecular weight excluding hydrogens is 344 g/mol. The van der Waals surface area contributed by atoms with Crippen LogP contribution < -0.4 is 5.32 Å². The average Bonchev–Trinajstić information content (AvgIpc) is 2.48. The van der Waals surface area contributed by atoms with Crippen LogP contribution in [0.25, 0.3) is 0 Å². The Hall–Kier alpha value is -0.600. The van der Waals surface area contributed by atoms with E-state index in [1.807, 2.05) is 0 Å². The molecule has 5 nitrogen and oxygen atoms in total. The van der Waals surface area contributed by atoms with Gasteiger partial charge in [0, 0.05) is 0 Å². The third-order valence-corrected chi connectivity index (χ3v) is 5.47. The van der Waals surface area contributed by atoms with Crippen LogP contribution in [0, 0.1) is 16.7 Å². The van der Waals surface area contributed by atoms with Crippen molar-refractivity contribution in [3.63, 3.8) is 0 Å². The number of hydrogen-bond donors (Lipinski definition) is 4. The molecule has 0 aromatic heterocycles. The first-order valence-electron chi connectivity index (χ1n) is 9.28. The van der Waals surface area contributed by atoms with Crippen LogP contribution in [0.5, 0.6) is 0 Å². The predicted octanol–water partition coefficient (Wildman–Crippen LogP) is 2.06. The predicted molar refractivity (Wildman–Crippen MR) is 94.8 cm³/mol. The summed E-state index contributed by atoms with van der Waals surface area (Å²) in [6.45, 7) is 6.25. The summed E-state index contributed by atoms with van der Waals surface area (Å²) >= 11 is 0. The molecule has 7 heteroatoms. The molecule has 152 valence electrons. The van der Waals surface area contributed by atoms with Crippen molar-refractivity contribution in [2.45, 2.75) is 77.9 Å². The maximum absolute atomic E-state index is 12.3. The second-order valence-corrected chi connectivity index (χ2v) is 9.45. The van der Waals surface area contributed by atoms with Crippen LogP contribution in [-0.2, 0) is 4.74 Å². The smallest absolute Gasteiger partial charge is 0.345 e. The van der Waals surface area contributed by atoms with Crippen molar-refractivity contribution in [2.24, 2.45) is 16.7 Å². The van der Waals surface area contributed by atoms with Gasteiger partial charge in [-0.3, -0.25) is 0 Å². The number of alkyl halides is 2. The van der Waals surface area contributed by atoms with Crippen LogP contribution in [-0.4, -0.2) is 59.4 Å². The molecule has 0 saturated heterocycles. The van der Waals surface area contributed by atoms with Gasteiger partial charge in [-0.25, -0.2) is 0 Å². The van der Waals surface area contributed by atoms with Gasteiger partial charge in [0.25, 0.3) is 0 Å². The van der Waals surface area contributed by atoms with E-state index in [4.69, 9.17) is 0 Å². The monoisotopic (exact) mass is 377 g/mol. The fourth-order valence-corrected chi connectivity index (χ4v) is 5.04. The van der Waals surface area contributed by atoms with E-state index in [2.05, 4.69) is 37.7 Å². The second kappa shape index (κ2) is 8.19. The molecular formula is C19H33F2NO4. The molecule has 1 fully saturated rings. The Balaban J connectivity index is 2.02.